The van der Waals surface area contributed by atoms with Crippen molar-refractivity contribution in [3.05, 3.63) is 29.8 Å². The normalized spacial score (nSPS) is 19.8. The molecule has 0 spiro atoms. The first-order valence-electron chi connectivity index (χ1n) is 7.82. The lowest BCUT2D eigenvalue weighted by molar-refractivity contribution is -0.274. The monoisotopic (exact) mass is 386 g/mol. The molecule has 1 aromatic carbocycles. The van der Waals surface area contributed by atoms with Gasteiger partial charge in [0, 0.05) is 32.2 Å². The van der Waals surface area contributed by atoms with Gasteiger partial charge in [-0.05, 0) is 30.0 Å². The van der Waals surface area contributed by atoms with Gasteiger partial charge in [0.1, 0.15) is 5.75 Å². The van der Waals surface area contributed by atoms with Crippen LogP contribution in [0.25, 0.3) is 0 Å². The van der Waals surface area contributed by atoms with Crippen LogP contribution >= 0.6 is 24.8 Å². The second-order valence-electron chi connectivity index (χ2n) is 6.10. The molecule has 1 atom stereocenters. The molecule has 1 saturated heterocycles. The minimum absolute atomic E-state index is 0. The number of halogens is 5. The van der Waals surface area contributed by atoms with Crippen molar-refractivity contribution in [1.82, 2.24) is 10.2 Å². The number of hydrogen-bond donors (Lipinski definition) is 1. The summed E-state index contributed by atoms with van der Waals surface area (Å²) in [5, 5.41) is 3.34. The van der Waals surface area contributed by atoms with E-state index in [1.807, 2.05) is 0 Å². The molecular weight excluding hydrogens is 364 g/mol. The first-order valence-corrected chi connectivity index (χ1v) is 7.82. The van der Waals surface area contributed by atoms with Crippen LogP contribution in [0.15, 0.2) is 24.3 Å². The summed E-state index contributed by atoms with van der Waals surface area (Å²) in [4.78, 5) is 2.44. The smallest absolute Gasteiger partial charge is 0.406 e. The maximum atomic E-state index is 12.2. The topological polar surface area (TPSA) is 24.5 Å². The van der Waals surface area contributed by atoms with Crippen molar-refractivity contribution in [3.63, 3.8) is 0 Å². The molecular formula is C16H23Cl2F3N2O. The van der Waals surface area contributed by atoms with Crippen LogP contribution in [0.5, 0.6) is 5.75 Å². The van der Waals surface area contributed by atoms with Gasteiger partial charge in [0.15, 0.2) is 0 Å². The lowest BCUT2D eigenvalue weighted by Crippen LogP contribution is -2.45. The molecule has 1 heterocycles. The van der Waals surface area contributed by atoms with Crippen molar-refractivity contribution in [3.8, 4) is 5.75 Å². The molecule has 0 amide bonds. The SMILES string of the molecule is Cl.Cl.FC(F)(F)Oc1ccc([C@H](CC2CC2)N2CCNCC2)cc1. The fourth-order valence-corrected chi connectivity index (χ4v) is 3.05. The summed E-state index contributed by atoms with van der Waals surface area (Å²) in [5.41, 5.74) is 1.09. The highest BCUT2D eigenvalue weighted by Crippen LogP contribution is 2.40. The minimum atomic E-state index is -4.63. The Balaban J connectivity index is 0.00000144. The Morgan fingerprint density at radius 2 is 1.67 bits per heavy atom. The fraction of sp³-hybridized carbons (Fsp3) is 0.625. The highest BCUT2D eigenvalue weighted by atomic mass is 35.5. The van der Waals surface area contributed by atoms with Gasteiger partial charge in [0.05, 0.1) is 0 Å². The summed E-state index contributed by atoms with van der Waals surface area (Å²) in [6.45, 7) is 3.91. The Morgan fingerprint density at radius 3 is 2.17 bits per heavy atom. The second-order valence-corrected chi connectivity index (χ2v) is 6.10. The van der Waals surface area contributed by atoms with Crippen LogP contribution in [0.1, 0.15) is 30.9 Å². The molecule has 1 aliphatic heterocycles. The van der Waals surface area contributed by atoms with Gasteiger partial charge < -0.3 is 10.1 Å². The van der Waals surface area contributed by atoms with Gasteiger partial charge >= 0.3 is 6.36 Å². The number of alkyl halides is 3. The Hall–Kier alpha value is -0.690. The largest absolute Gasteiger partial charge is 0.573 e. The number of hydrogen-bond acceptors (Lipinski definition) is 3. The average Bonchev–Trinajstić information content (AvgIpc) is 3.29. The summed E-state index contributed by atoms with van der Waals surface area (Å²) < 4.78 is 40.7. The van der Waals surface area contributed by atoms with Crippen LogP contribution in [0.4, 0.5) is 13.2 Å². The predicted octanol–water partition coefficient (Wildman–Crippen LogP) is 4.18. The summed E-state index contributed by atoms with van der Waals surface area (Å²) in [6, 6.07) is 6.69. The van der Waals surface area contributed by atoms with Gasteiger partial charge in [-0.1, -0.05) is 25.0 Å². The van der Waals surface area contributed by atoms with Crippen molar-refractivity contribution >= 4 is 24.8 Å². The molecule has 1 aromatic rings. The number of ether oxygens (including phenoxy) is 1. The van der Waals surface area contributed by atoms with Gasteiger partial charge in [0.25, 0.3) is 0 Å². The Morgan fingerprint density at radius 1 is 1.08 bits per heavy atom. The molecule has 0 unspecified atom stereocenters. The lowest BCUT2D eigenvalue weighted by atomic mass is 9.98. The molecule has 1 N–H and O–H groups in total. The highest BCUT2D eigenvalue weighted by Gasteiger charge is 2.32. The molecule has 1 saturated carbocycles. The molecule has 1 aliphatic carbocycles. The van der Waals surface area contributed by atoms with Crippen LogP contribution < -0.4 is 10.1 Å². The molecule has 138 valence electrons. The second kappa shape index (κ2) is 9.13. The molecule has 8 heteroatoms. The van der Waals surface area contributed by atoms with E-state index in [9.17, 15) is 13.2 Å². The maximum absolute atomic E-state index is 12.2. The van der Waals surface area contributed by atoms with Crippen molar-refractivity contribution in [1.29, 1.82) is 0 Å². The van der Waals surface area contributed by atoms with Crippen molar-refractivity contribution in [2.24, 2.45) is 5.92 Å². The Labute approximate surface area is 152 Å². The van der Waals surface area contributed by atoms with E-state index in [1.54, 1.807) is 12.1 Å². The quantitative estimate of drug-likeness (QED) is 0.821. The van der Waals surface area contributed by atoms with E-state index < -0.39 is 6.36 Å². The first-order chi connectivity index (χ1) is 10.5. The van der Waals surface area contributed by atoms with Crippen LogP contribution in [0, 0.1) is 5.92 Å². The van der Waals surface area contributed by atoms with E-state index in [0.29, 0.717) is 6.04 Å². The van der Waals surface area contributed by atoms with Gasteiger partial charge in [-0.2, -0.15) is 0 Å². The lowest BCUT2D eigenvalue weighted by Gasteiger charge is -2.35. The standard InChI is InChI=1S/C16H21F3N2O.2ClH/c17-16(18,19)22-14-5-3-13(4-6-14)15(11-12-1-2-12)21-9-7-20-8-10-21;;/h3-6,12,15,20H,1-2,7-11H2;2*1H/t15-;;/m0../s1. The van der Waals surface area contributed by atoms with E-state index >= 15 is 0 Å². The number of benzene rings is 1. The summed E-state index contributed by atoms with van der Waals surface area (Å²) in [5.74, 6) is 0.618. The summed E-state index contributed by atoms with van der Waals surface area (Å²) >= 11 is 0. The molecule has 3 nitrogen and oxygen atoms in total. The molecule has 24 heavy (non-hydrogen) atoms. The Kier molecular flexibility index (Phi) is 8.12. The van der Waals surface area contributed by atoms with Gasteiger partial charge in [-0.15, -0.1) is 38.0 Å². The van der Waals surface area contributed by atoms with E-state index in [2.05, 4.69) is 15.0 Å². The summed E-state index contributed by atoms with van der Waals surface area (Å²) in [7, 11) is 0. The number of rotatable bonds is 5. The third-order valence-electron chi connectivity index (χ3n) is 4.34. The highest BCUT2D eigenvalue weighted by molar-refractivity contribution is 5.85. The van der Waals surface area contributed by atoms with Crippen LogP contribution in [-0.4, -0.2) is 37.4 Å². The molecule has 3 rings (SSSR count). The van der Waals surface area contributed by atoms with E-state index in [0.717, 1.165) is 44.1 Å². The summed E-state index contributed by atoms with van der Waals surface area (Å²) in [6.07, 6.45) is -0.983. The molecule has 2 aliphatic rings. The number of piperazine rings is 1. The van der Waals surface area contributed by atoms with Crippen molar-refractivity contribution in [2.45, 2.75) is 31.7 Å². The van der Waals surface area contributed by atoms with E-state index in [1.165, 1.54) is 25.0 Å². The van der Waals surface area contributed by atoms with E-state index in [-0.39, 0.29) is 30.6 Å². The zero-order valence-electron chi connectivity index (χ0n) is 13.2. The fourth-order valence-electron chi connectivity index (χ4n) is 3.05. The molecule has 0 bridgehead atoms. The first kappa shape index (κ1) is 21.4. The zero-order chi connectivity index (χ0) is 15.6. The number of nitrogens with one attached hydrogen (secondary N) is 1. The van der Waals surface area contributed by atoms with Crippen LogP contribution in [0.2, 0.25) is 0 Å². The number of nitrogens with zero attached hydrogens (tertiary/aromatic N) is 1. The van der Waals surface area contributed by atoms with Gasteiger partial charge in [-0.3, -0.25) is 4.90 Å². The maximum Gasteiger partial charge on any atom is 0.573 e. The third kappa shape index (κ3) is 6.31. The van der Waals surface area contributed by atoms with E-state index in [4.69, 9.17) is 0 Å². The van der Waals surface area contributed by atoms with Crippen molar-refractivity contribution < 1.29 is 17.9 Å². The van der Waals surface area contributed by atoms with Gasteiger partial charge in [-0.25, -0.2) is 0 Å². The molecule has 0 radical (unpaired) electrons. The molecule has 0 aromatic heterocycles. The minimum Gasteiger partial charge on any atom is -0.406 e. The third-order valence-corrected chi connectivity index (χ3v) is 4.34. The Bertz CT molecular complexity index is 489. The van der Waals surface area contributed by atoms with Gasteiger partial charge in [0.2, 0.25) is 0 Å². The zero-order valence-corrected chi connectivity index (χ0v) is 14.9. The molecule has 2 fully saturated rings. The average molecular weight is 387 g/mol. The van der Waals surface area contributed by atoms with Crippen LogP contribution in [-0.2, 0) is 0 Å². The van der Waals surface area contributed by atoms with Crippen molar-refractivity contribution in [2.75, 3.05) is 26.2 Å². The predicted molar refractivity (Wildman–Crippen MR) is 92.1 cm³/mol. The van der Waals surface area contributed by atoms with Crippen LogP contribution in [0.3, 0.4) is 0 Å².